The molecule has 0 aliphatic carbocycles. The summed E-state index contributed by atoms with van der Waals surface area (Å²) in [5, 5.41) is 2.19. The van der Waals surface area contributed by atoms with Gasteiger partial charge in [-0.2, -0.15) is 9.97 Å². The minimum absolute atomic E-state index is 0.0202. The van der Waals surface area contributed by atoms with Gasteiger partial charge in [0.1, 0.15) is 30.6 Å². The number of anilines is 2. The fraction of sp³-hybridized carbons (Fsp3) is 0.0690. The Bertz CT molecular complexity index is 1650. The highest BCUT2D eigenvalue weighted by Gasteiger charge is 2.13. The van der Waals surface area contributed by atoms with Crippen molar-refractivity contribution in [2.45, 2.75) is 13.2 Å². The maximum Gasteiger partial charge on any atom is 0.418 e. The van der Waals surface area contributed by atoms with Crippen LogP contribution in [0.5, 0.6) is 17.8 Å². The molecule has 0 spiro atoms. The van der Waals surface area contributed by atoms with Crippen molar-refractivity contribution in [3.8, 4) is 17.8 Å². The molecule has 3 aromatic carbocycles. The van der Waals surface area contributed by atoms with Gasteiger partial charge in [0.15, 0.2) is 23.3 Å². The van der Waals surface area contributed by atoms with Crippen LogP contribution in [0.15, 0.2) is 91.3 Å². The summed E-state index contributed by atoms with van der Waals surface area (Å²) in [7, 11) is 0. The highest BCUT2D eigenvalue weighted by Crippen LogP contribution is 2.16. The second-order valence-electron chi connectivity index (χ2n) is 8.39. The summed E-state index contributed by atoms with van der Waals surface area (Å²) in [5.41, 5.74) is 6.68. The lowest BCUT2D eigenvalue weighted by atomic mass is 10.2. The van der Waals surface area contributed by atoms with Crippen LogP contribution in [0.25, 0.3) is 0 Å². The van der Waals surface area contributed by atoms with Gasteiger partial charge in [-0.15, -0.1) is 0 Å². The molecule has 0 unspecified atom stereocenters. The van der Waals surface area contributed by atoms with Crippen LogP contribution >= 0.6 is 0 Å². The average Bonchev–Trinajstić information content (AvgIpc) is 3.00. The molecular formula is C29H22F4N6O4. The minimum Gasteiger partial charge on any atom is -0.459 e. The number of nitrogens with one attached hydrogen (secondary N) is 1. The number of nitrogen functional groups attached to an aromatic ring is 1. The van der Waals surface area contributed by atoms with Gasteiger partial charge in [0, 0.05) is 0 Å². The second-order valence-corrected chi connectivity index (χ2v) is 8.39. The number of carbonyl (C=O) groups excluding carboxylic acids is 1. The number of nitrogens with two attached hydrogens (primary N) is 1. The van der Waals surface area contributed by atoms with E-state index in [9.17, 15) is 22.4 Å². The zero-order chi connectivity index (χ0) is 30.6. The van der Waals surface area contributed by atoms with Crippen molar-refractivity contribution >= 4 is 17.7 Å². The number of rotatable bonds is 8. The third-order valence-corrected chi connectivity index (χ3v) is 5.21. The van der Waals surface area contributed by atoms with E-state index in [1.54, 1.807) is 42.5 Å². The topological polar surface area (TPSA) is 134 Å². The molecule has 2 heterocycles. The molecule has 3 N–H and O–H groups in total. The van der Waals surface area contributed by atoms with E-state index in [2.05, 4.69) is 25.3 Å². The molecule has 0 aliphatic rings. The summed E-state index contributed by atoms with van der Waals surface area (Å²) in [6.45, 7) is 0.213. The van der Waals surface area contributed by atoms with Gasteiger partial charge in [0.25, 0.3) is 0 Å². The number of nitrogens with zero attached hydrogens (tertiary/aromatic N) is 4. The van der Waals surface area contributed by atoms with E-state index in [1.165, 1.54) is 36.4 Å². The van der Waals surface area contributed by atoms with Crippen molar-refractivity contribution in [3.63, 3.8) is 0 Å². The molecular weight excluding hydrogens is 572 g/mol. The molecule has 0 radical (unpaired) electrons. The first-order chi connectivity index (χ1) is 20.7. The molecule has 0 saturated carbocycles. The van der Waals surface area contributed by atoms with Crippen molar-refractivity contribution in [1.82, 2.24) is 19.9 Å². The zero-order valence-electron chi connectivity index (χ0n) is 22.1. The number of para-hydroxylation sites is 1. The second kappa shape index (κ2) is 14.7. The van der Waals surface area contributed by atoms with Gasteiger partial charge in [0.2, 0.25) is 0 Å². The smallest absolute Gasteiger partial charge is 0.418 e. The molecule has 0 atom stereocenters. The number of hydrogen-bond acceptors (Lipinski definition) is 9. The van der Waals surface area contributed by atoms with Crippen molar-refractivity contribution in [1.29, 1.82) is 0 Å². The summed E-state index contributed by atoms with van der Waals surface area (Å²) >= 11 is 0. The summed E-state index contributed by atoms with van der Waals surface area (Å²) in [6.07, 6.45) is 0.895. The molecule has 14 heteroatoms. The molecule has 5 aromatic rings. The standard InChI is InChI=1S/C18H13F2N3O3.C11H9F2N3O/c19-13-8-6-12(7-9-13)11-25-17-21-10-15(20)16(22-17)23-18(24)26-14-4-2-1-3-5-14;12-8-3-1-7(2-4-8)6-17-11-15-5-9(13)10(14)16-11/h1-10H,11H2,(H,21,22,23,24);1-5H,6H2,(H2,14,15,16). The van der Waals surface area contributed by atoms with Crippen LogP contribution < -0.4 is 25.3 Å². The Kier molecular flexibility index (Phi) is 10.3. The number of carbonyl (C=O) groups is 1. The number of aromatic nitrogens is 4. The predicted octanol–water partition coefficient (Wildman–Crippen LogP) is 5.86. The van der Waals surface area contributed by atoms with E-state index in [1.807, 2.05) is 0 Å². The highest BCUT2D eigenvalue weighted by molar-refractivity contribution is 5.85. The molecule has 2 aromatic heterocycles. The largest absolute Gasteiger partial charge is 0.459 e. The summed E-state index contributed by atoms with van der Waals surface area (Å²) in [6, 6.07) is 19.6. The van der Waals surface area contributed by atoms with E-state index in [0.717, 1.165) is 18.0 Å². The number of benzene rings is 3. The third-order valence-electron chi connectivity index (χ3n) is 5.21. The Morgan fingerprint density at radius 1 is 0.698 bits per heavy atom. The van der Waals surface area contributed by atoms with Crippen LogP contribution in [0.2, 0.25) is 0 Å². The number of amides is 1. The first kappa shape index (κ1) is 30.2. The number of hydrogen-bond donors (Lipinski definition) is 2. The molecule has 0 aliphatic heterocycles. The maximum atomic E-state index is 13.8. The van der Waals surface area contributed by atoms with Gasteiger partial charge >= 0.3 is 18.1 Å². The lowest BCUT2D eigenvalue weighted by molar-refractivity contribution is 0.215. The van der Waals surface area contributed by atoms with E-state index >= 15 is 0 Å². The van der Waals surface area contributed by atoms with E-state index in [-0.39, 0.29) is 48.5 Å². The van der Waals surface area contributed by atoms with E-state index in [0.29, 0.717) is 11.3 Å². The first-order valence-electron chi connectivity index (χ1n) is 12.3. The molecule has 0 fully saturated rings. The highest BCUT2D eigenvalue weighted by atomic mass is 19.1. The Morgan fingerprint density at radius 3 is 1.74 bits per heavy atom. The quantitative estimate of drug-likeness (QED) is 0.212. The number of ether oxygens (including phenoxy) is 3. The van der Waals surface area contributed by atoms with Gasteiger partial charge < -0.3 is 19.9 Å². The van der Waals surface area contributed by atoms with Crippen molar-refractivity contribution in [2.75, 3.05) is 11.1 Å². The first-order valence-corrected chi connectivity index (χ1v) is 12.3. The average molecular weight is 595 g/mol. The minimum atomic E-state index is -0.904. The molecule has 5 rings (SSSR count). The van der Waals surface area contributed by atoms with Crippen molar-refractivity contribution in [3.05, 3.63) is 126 Å². The van der Waals surface area contributed by atoms with Crippen molar-refractivity contribution < 1.29 is 36.6 Å². The molecule has 10 nitrogen and oxygen atoms in total. The van der Waals surface area contributed by atoms with Crippen LogP contribution in [-0.2, 0) is 13.2 Å². The fourth-order valence-corrected chi connectivity index (χ4v) is 3.12. The fourth-order valence-electron chi connectivity index (χ4n) is 3.12. The van der Waals surface area contributed by atoms with E-state index < -0.39 is 17.7 Å². The van der Waals surface area contributed by atoms with Crippen LogP contribution in [0.4, 0.5) is 34.0 Å². The van der Waals surface area contributed by atoms with E-state index in [4.69, 9.17) is 19.9 Å². The predicted molar refractivity (Wildman–Crippen MR) is 146 cm³/mol. The Morgan fingerprint density at radius 2 is 1.21 bits per heavy atom. The molecule has 1 amide bonds. The SMILES string of the molecule is Nc1nc(OCc2ccc(F)cc2)ncc1F.O=C(Nc1nc(OCc2ccc(F)cc2)ncc1F)Oc1ccccc1. The summed E-state index contributed by atoms with van der Waals surface area (Å²) in [5.74, 6) is -2.58. The van der Waals surface area contributed by atoms with Gasteiger partial charge in [0.05, 0.1) is 12.4 Å². The Labute approximate surface area is 242 Å². The molecule has 220 valence electrons. The monoisotopic (exact) mass is 594 g/mol. The lowest BCUT2D eigenvalue weighted by Gasteiger charge is -2.09. The molecule has 43 heavy (non-hydrogen) atoms. The zero-order valence-corrected chi connectivity index (χ0v) is 22.1. The van der Waals surface area contributed by atoms with Crippen LogP contribution in [0.1, 0.15) is 11.1 Å². The maximum absolute atomic E-state index is 13.8. The summed E-state index contributed by atoms with van der Waals surface area (Å²) < 4.78 is 67.5. The van der Waals surface area contributed by atoms with Gasteiger partial charge in [-0.3, -0.25) is 5.32 Å². The van der Waals surface area contributed by atoms with Gasteiger partial charge in [-0.1, -0.05) is 42.5 Å². The molecule has 0 bridgehead atoms. The Balaban J connectivity index is 0.000000215. The van der Waals surface area contributed by atoms with Crippen LogP contribution in [0, 0.1) is 23.3 Å². The van der Waals surface area contributed by atoms with Crippen LogP contribution in [0.3, 0.4) is 0 Å². The number of halogens is 4. The third kappa shape index (κ3) is 9.67. The molecule has 0 saturated heterocycles. The lowest BCUT2D eigenvalue weighted by Crippen LogP contribution is -2.19. The van der Waals surface area contributed by atoms with Crippen molar-refractivity contribution in [2.24, 2.45) is 0 Å². The Hall–Kier alpha value is -5.79. The van der Waals surface area contributed by atoms with Crippen LogP contribution in [-0.4, -0.2) is 26.0 Å². The van der Waals surface area contributed by atoms with Gasteiger partial charge in [-0.05, 0) is 47.5 Å². The van der Waals surface area contributed by atoms with Gasteiger partial charge in [-0.25, -0.2) is 32.3 Å². The normalized spacial score (nSPS) is 10.2. The summed E-state index contributed by atoms with van der Waals surface area (Å²) in [4.78, 5) is 26.5.